The summed E-state index contributed by atoms with van der Waals surface area (Å²) < 4.78 is 0. The number of amides is 2. The molecule has 20 heavy (non-hydrogen) atoms. The molecule has 0 bridgehead atoms. The van der Waals surface area contributed by atoms with Crippen molar-refractivity contribution in [2.75, 3.05) is 40.3 Å². The maximum atomic E-state index is 12.3. The van der Waals surface area contributed by atoms with Crippen molar-refractivity contribution in [3.05, 3.63) is 0 Å². The van der Waals surface area contributed by atoms with Crippen molar-refractivity contribution in [2.24, 2.45) is 11.8 Å². The molecule has 2 N–H and O–H groups in total. The molecule has 0 aromatic rings. The fraction of sp³-hybridized carbons (Fsp3) is 0.857. The Morgan fingerprint density at radius 1 is 1.50 bits per heavy atom. The van der Waals surface area contributed by atoms with Gasteiger partial charge in [0.1, 0.15) is 0 Å². The first-order valence-electron chi connectivity index (χ1n) is 7.32. The van der Waals surface area contributed by atoms with Crippen LogP contribution in [0.3, 0.4) is 0 Å². The largest absolute Gasteiger partial charge is 0.481 e. The zero-order chi connectivity index (χ0) is 15.1. The second-order valence-electron chi connectivity index (χ2n) is 5.73. The maximum Gasteiger partial charge on any atom is 0.319 e. The molecule has 1 heterocycles. The SMILES string of the molecule is CNCCN(C)C(=O)N1CCCC(C(C)CC(=O)O)C1. The lowest BCUT2D eigenvalue weighted by atomic mass is 9.85. The van der Waals surface area contributed by atoms with Gasteiger partial charge < -0.3 is 20.2 Å². The van der Waals surface area contributed by atoms with Crippen LogP contribution in [0.1, 0.15) is 26.2 Å². The topological polar surface area (TPSA) is 72.9 Å². The Morgan fingerprint density at radius 3 is 2.80 bits per heavy atom. The van der Waals surface area contributed by atoms with E-state index in [1.165, 1.54) is 0 Å². The Kier molecular flexibility index (Phi) is 6.78. The van der Waals surface area contributed by atoms with Gasteiger partial charge in [-0.25, -0.2) is 4.79 Å². The van der Waals surface area contributed by atoms with E-state index in [0.717, 1.165) is 25.9 Å². The van der Waals surface area contributed by atoms with Gasteiger partial charge in [-0.15, -0.1) is 0 Å². The molecule has 2 atom stereocenters. The molecule has 0 saturated carbocycles. The molecule has 1 aliphatic rings. The monoisotopic (exact) mass is 285 g/mol. The predicted octanol–water partition coefficient (Wildman–Crippen LogP) is 1.08. The van der Waals surface area contributed by atoms with Gasteiger partial charge >= 0.3 is 12.0 Å². The number of aliphatic carboxylic acids is 1. The summed E-state index contributed by atoms with van der Waals surface area (Å²) in [5, 5.41) is 11.9. The number of rotatable bonds is 6. The van der Waals surface area contributed by atoms with Gasteiger partial charge in [0, 0.05) is 39.6 Å². The van der Waals surface area contributed by atoms with Crippen LogP contribution in [0.25, 0.3) is 0 Å². The van der Waals surface area contributed by atoms with E-state index >= 15 is 0 Å². The van der Waals surface area contributed by atoms with Crippen LogP contribution in [-0.4, -0.2) is 67.2 Å². The van der Waals surface area contributed by atoms with E-state index in [-0.39, 0.29) is 18.4 Å². The molecule has 2 unspecified atom stereocenters. The summed E-state index contributed by atoms with van der Waals surface area (Å²) in [5.74, 6) is -0.348. The van der Waals surface area contributed by atoms with Crippen molar-refractivity contribution < 1.29 is 14.7 Å². The first-order valence-corrected chi connectivity index (χ1v) is 7.32. The molecular weight excluding hydrogens is 258 g/mol. The number of nitrogens with zero attached hydrogens (tertiary/aromatic N) is 2. The average molecular weight is 285 g/mol. The standard InChI is InChI=1S/C14H27N3O3/c1-11(9-13(18)19)12-5-4-7-17(10-12)14(20)16(3)8-6-15-2/h11-12,15H,4-10H2,1-3H3,(H,18,19). The van der Waals surface area contributed by atoms with Gasteiger partial charge in [0.2, 0.25) is 0 Å². The van der Waals surface area contributed by atoms with E-state index in [1.54, 1.807) is 4.90 Å². The highest BCUT2D eigenvalue weighted by molar-refractivity contribution is 5.74. The number of carbonyl (C=O) groups excluding carboxylic acids is 1. The van der Waals surface area contributed by atoms with Crippen LogP contribution in [0.5, 0.6) is 0 Å². The smallest absolute Gasteiger partial charge is 0.319 e. The molecule has 1 fully saturated rings. The minimum atomic E-state index is -0.757. The van der Waals surface area contributed by atoms with Crippen molar-refractivity contribution in [1.29, 1.82) is 0 Å². The van der Waals surface area contributed by atoms with Gasteiger partial charge in [-0.3, -0.25) is 4.79 Å². The average Bonchev–Trinajstić information content (AvgIpc) is 2.43. The second kappa shape index (κ2) is 8.09. The molecule has 1 aliphatic heterocycles. The summed E-state index contributed by atoms with van der Waals surface area (Å²) in [5.41, 5.74) is 0. The molecule has 6 heteroatoms. The van der Waals surface area contributed by atoms with E-state index in [2.05, 4.69) is 5.32 Å². The van der Waals surface area contributed by atoms with Crippen LogP contribution in [0.15, 0.2) is 0 Å². The number of carboxylic acids is 1. The second-order valence-corrected chi connectivity index (χ2v) is 5.73. The minimum absolute atomic E-state index is 0.0486. The number of nitrogens with one attached hydrogen (secondary N) is 1. The third kappa shape index (κ3) is 5.00. The molecule has 0 aliphatic carbocycles. The van der Waals surface area contributed by atoms with Gasteiger partial charge in [0.15, 0.2) is 0 Å². The molecular formula is C14H27N3O3. The number of likely N-dealkylation sites (tertiary alicyclic amines) is 1. The number of carbonyl (C=O) groups is 2. The summed E-state index contributed by atoms with van der Waals surface area (Å²) in [7, 11) is 3.67. The summed E-state index contributed by atoms with van der Waals surface area (Å²) in [4.78, 5) is 26.7. The predicted molar refractivity (Wildman–Crippen MR) is 77.7 cm³/mol. The highest BCUT2D eigenvalue weighted by Crippen LogP contribution is 2.26. The van der Waals surface area contributed by atoms with Crippen LogP contribution in [-0.2, 0) is 4.79 Å². The molecule has 116 valence electrons. The lowest BCUT2D eigenvalue weighted by Crippen LogP contribution is -2.48. The Bertz CT molecular complexity index is 336. The molecule has 0 spiro atoms. The lowest BCUT2D eigenvalue weighted by molar-refractivity contribution is -0.138. The van der Waals surface area contributed by atoms with Crippen molar-refractivity contribution in [1.82, 2.24) is 15.1 Å². The van der Waals surface area contributed by atoms with E-state index < -0.39 is 5.97 Å². The number of urea groups is 1. The highest BCUT2D eigenvalue weighted by atomic mass is 16.4. The number of piperidine rings is 1. The summed E-state index contributed by atoms with van der Waals surface area (Å²) in [6.07, 6.45) is 2.15. The van der Waals surface area contributed by atoms with Crippen molar-refractivity contribution in [2.45, 2.75) is 26.2 Å². The number of hydrogen-bond donors (Lipinski definition) is 2. The van der Waals surface area contributed by atoms with Crippen LogP contribution in [0.2, 0.25) is 0 Å². The minimum Gasteiger partial charge on any atom is -0.481 e. The summed E-state index contributed by atoms with van der Waals surface area (Å²) in [6.45, 7) is 4.88. The zero-order valence-electron chi connectivity index (χ0n) is 12.8. The Balaban J connectivity index is 2.51. The molecule has 0 radical (unpaired) electrons. The van der Waals surface area contributed by atoms with E-state index in [1.807, 2.05) is 25.9 Å². The van der Waals surface area contributed by atoms with E-state index in [4.69, 9.17) is 5.11 Å². The third-order valence-electron chi connectivity index (χ3n) is 4.05. The van der Waals surface area contributed by atoms with Crippen LogP contribution >= 0.6 is 0 Å². The van der Waals surface area contributed by atoms with Crippen LogP contribution in [0, 0.1) is 11.8 Å². The third-order valence-corrected chi connectivity index (χ3v) is 4.05. The number of carboxylic acid groups (broad SMARTS) is 1. The number of likely N-dealkylation sites (N-methyl/N-ethyl adjacent to an activating group) is 2. The molecule has 0 aromatic carbocycles. The molecule has 1 saturated heterocycles. The maximum absolute atomic E-state index is 12.3. The highest BCUT2D eigenvalue weighted by Gasteiger charge is 2.29. The van der Waals surface area contributed by atoms with Gasteiger partial charge in [0.25, 0.3) is 0 Å². The normalized spacial score (nSPS) is 20.6. The van der Waals surface area contributed by atoms with Crippen molar-refractivity contribution in [3.8, 4) is 0 Å². The van der Waals surface area contributed by atoms with Crippen molar-refractivity contribution in [3.63, 3.8) is 0 Å². The zero-order valence-corrected chi connectivity index (χ0v) is 12.8. The molecule has 6 nitrogen and oxygen atoms in total. The summed E-state index contributed by atoms with van der Waals surface area (Å²) in [6, 6.07) is 0.0486. The van der Waals surface area contributed by atoms with Crippen LogP contribution < -0.4 is 5.32 Å². The number of hydrogen-bond acceptors (Lipinski definition) is 3. The van der Waals surface area contributed by atoms with Gasteiger partial charge in [-0.2, -0.15) is 0 Å². The van der Waals surface area contributed by atoms with Gasteiger partial charge in [-0.1, -0.05) is 6.92 Å². The Hall–Kier alpha value is -1.30. The first kappa shape index (κ1) is 16.8. The Labute approximate surface area is 121 Å². The van der Waals surface area contributed by atoms with E-state index in [9.17, 15) is 9.59 Å². The molecule has 1 rings (SSSR count). The molecule has 2 amide bonds. The fourth-order valence-corrected chi connectivity index (χ4v) is 2.71. The molecule has 0 aromatic heterocycles. The van der Waals surface area contributed by atoms with Crippen molar-refractivity contribution >= 4 is 12.0 Å². The summed E-state index contributed by atoms with van der Waals surface area (Å²) >= 11 is 0. The lowest BCUT2D eigenvalue weighted by Gasteiger charge is -2.37. The van der Waals surface area contributed by atoms with Crippen LogP contribution in [0.4, 0.5) is 4.79 Å². The van der Waals surface area contributed by atoms with Gasteiger partial charge in [0.05, 0.1) is 0 Å². The quantitative estimate of drug-likeness (QED) is 0.766. The first-order chi connectivity index (χ1) is 9.45. The van der Waals surface area contributed by atoms with E-state index in [0.29, 0.717) is 19.0 Å². The van der Waals surface area contributed by atoms with Gasteiger partial charge in [-0.05, 0) is 31.7 Å². The Morgan fingerprint density at radius 2 is 2.20 bits per heavy atom. The fourth-order valence-electron chi connectivity index (χ4n) is 2.71.